The molecule has 0 aromatic heterocycles. The van der Waals surface area contributed by atoms with Crippen LogP contribution in [-0.2, 0) is 6.54 Å². The van der Waals surface area contributed by atoms with Gasteiger partial charge < -0.3 is 5.11 Å². The maximum Gasteiger partial charge on any atom is 0.0620 e. The van der Waals surface area contributed by atoms with Crippen LogP contribution in [0.5, 0.6) is 0 Å². The number of rotatable bonds is 3. The Bertz CT molecular complexity index is 334. The van der Waals surface area contributed by atoms with Gasteiger partial charge in [0.1, 0.15) is 0 Å². The molecular weight excluding hydrogens is 234 g/mol. The van der Waals surface area contributed by atoms with Gasteiger partial charge in [-0.1, -0.05) is 44.2 Å². The molecule has 1 aliphatic rings. The van der Waals surface area contributed by atoms with Crippen molar-refractivity contribution in [2.75, 3.05) is 13.1 Å². The average Bonchev–Trinajstić information content (AvgIpc) is 2.42. The Morgan fingerprint density at radius 1 is 1.11 bits per heavy atom. The summed E-state index contributed by atoms with van der Waals surface area (Å²) < 4.78 is 0. The van der Waals surface area contributed by atoms with E-state index in [0.717, 1.165) is 32.5 Å². The first-order valence-corrected chi connectivity index (χ1v) is 7.54. The van der Waals surface area contributed by atoms with Gasteiger partial charge in [0.2, 0.25) is 0 Å². The second-order valence-corrected chi connectivity index (χ2v) is 5.69. The molecule has 1 fully saturated rings. The third-order valence-corrected chi connectivity index (χ3v) is 3.84. The lowest BCUT2D eigenvalue weighted by molar-refractivity contribution is -0.0136. The summed E-state index contributed by atoms with van der Waals surface area (Å²) in [6.45, 7) is 11.1. The van der Waals surface area contributed by atoms with E-state index in [0.29, 0.717) is 5.92 Å². The van der Waals surface area contributed by atoms with Crippen LogP contribution in [0, 0.1) is 5.92 Å². The molecule has 0 saturated carbocycles. The molecule has 0 bridgehead atoms. The van der Waals surface area contributed by atoms with Gasteiger partial charge in [-0.3, -0.25) is 4.90 Å². The van der Waals surface area contributed by atoms with Crippen molar-refractivity contribution in [1.29, 1.82) is 0 Å². The van der Waals surface area contributed by atoms with Crippen LogP contribution < -0.4 is 0 Å². The van der Waals surface area contributed by atoms with E-state index < -0.39 is 5.60 Å². The first-order chi connectivity index (χ1) is 9.05. The van der Waals surface area contributed by atoms with Crippen molar-refractivity contribution in [1.82, 2.24) is 4.90 Å². The van der Waals surface area contributed by atoms with E-state index in [2.05, 4.69) is 35.2 Å². The van der Waals surface area contributed by atoms with E-state index in [1.807, 2.05) is 27.7 Å². The summed E-state index contributed by atoms with van der Waals surface area (Å²) >= 11 is 0. The summed E-state index contributed by atoms with van der Waals surface area (Å²) in [4.78, 5) is 2.48. The molecule has 1 aromatic carbocycles. The van der Waals surface area contributed by atoms with E-state index in [4.69, 9.17) is 0 Å². The molecular formula is C17H29NO. The van der Waals surface area contributed by atoms with E-state index >= 15 is 0 Å². The number of likely N-dealkylation sites (tertiary alicyclic amines) is 1. The fraction of sp³-hybridized carbons (Fsp3) is 0.647. The smallest absolute Gasteiger partial charge is 0.0620 e. The molecule has 0 spiro atoms. The second-order valence-electron chi connectivity index (χ2n) is 5.69. The van der Waals surface area contributed by atoms with Gasteiger partial charge in [-0.2, -0.15) is 0 Å². The highest BCUT2D eigenvalue weighted by Crippen LogP contribution is 2.28. The average molecular weight is 263 g/mol. The van der Waals surface area contributed by atoms with Crippen LogP contribution in [0.4, 0.5) is 0 Å². The molecule has 0 atom stereocenters. The largest absolute Gasteiger partial charge is 0.390 e. The molecule has 1 N–H and O–H groups in total. The molecule has 0 unspecified atom stereocenters. The highest BCUT2D eigenvalue weighted by atomic mass is 16.3. The number of benzene rings is 1. The van der Waals surface area contributed by atoms with Crippen molar-refractivity contribution in [2.24, 2.45) is 5.92 Å². The van der Waals surface area contributed by atoms with Gasteiger partial charge in [-0.05, 0) is 51.3 Å². The zero-order valence-electron chi connectivity index (χ0n) is 12.9. The van der Waals surface area contributed by atoms with Gasteiger partial charge in [-0.15, -0.1) is 0 Å². The fourth-order valence-corrected chi connectivity index (χ4v) is 2.64. The molecule has 0 amide bonds. The zero-order chi connectivity index (χ0) is 14.3. The topological polar surface area (TPSA) is 23.5 Å². The van der Waals surface area contributed by atoms with Crippen molar-refractivity contribution in [3.63, 3.8) is 0 Å². The minimum absolute atomic E-state index is 0.453. The van der Waals surface area contributed by atoms with Gasteiger partial charge in [0.15, 0.2) is 0 Å². The first-order valence-electron chi connectivity index (χ1n) is 7.54. The maximum atomic E-state index is 10.00. The normalized spacial score (nSPS) is 17.7. The van der Waals surface area contributed by atoms with Crippen LogP contribution in [0.15, 0.2) is 30.3 Å². The Morgan fingerprint density at radius 2 is 1.63 bits per heavy atom. The predicted molar refractivity (Wildman–Crippen MR) is 82.1 cm³/mol. The van der Waals surface area contributed by atoms with Crippen LogP contribution in [0.25, 0.3) is 0 Å². The predicted octanol–water partition coefficient (Wildman–Crippen LogP) is 3.70. The molecule has 0 radical (unpaired) electrons. The summed E-state index contributed by atoms with van der Waals surface area (Å²) in [5.41, 5.74) is 0.868. The number of aliphatic hydroxyl groups is 1. The number of piperidine rings is 1. The third kappa shape index (κ3) is 5.33. The van der Waals surface area contributed by atoms with Crippen molar-refractivity contribution in [3.8, 4) is 0 Å². The van der Waals surface area contributed by atoms with Crippen molar-refractivity contribution in [2.45, 2.75) is 52.7 Å². The molecule has 108 valence electrons. The van der Waals surface area contributed by atoms with Crippen LogP contribution in [0.3, 0.4) is 0 Å². The van der Waals surface area contributed by atoms with E-state index in [1.165, 1.54) is 5.56 Å². The fourth-order valence-electron chi connectivity index (χ4n) is 2.64. The molecule has 0 aliphatic carbocycles. The standard InChI is InChI=1S/C15H23NO.C2H6/c1-15(2,17)14-8-10-16(11-9-14)12-13-6-4-3-5-7-13;1-2/h3-7,14,17H,8-12H2,1-2H3;1-2H3. The Hall–Kier alpha value is -0.860. The van der Waals surface area contributed by atoms with Crippen LogP contribution in [0.2, 0.25) is 0 Å². The molecule has 1 aromatic rings. The number of nitrogens with zero attached hydrogens (tertiary/aromatic N) is 1. The Kier molecular flexibility index (Phi) is 6.53. The molecule has 2 nitrogen and oxygen atoms in total. The summed E-state index contributed by atoms with van der Waals surface area (Å²) in [5.74, 6) is 0.453. The summed E-state index contributed by atoms with van der Waals surface area (Å²) in [6, 6.07) is 10.6. The third-order valence-electron chi connectivity index (χ3n) is 3.84. The SMILES string of the molecule is CC.CC(C)(O)C1CCN(Cc2ccccc2)CC1. The van der Waals surface area contributed by atoms with Crippen molar-refractivity contribution >= 4 is 0 Å². The lowest BCUT2D eigenvalue weighted by Gasteiger charge is -2.37. The van der Waals surface area contributed by atoms with Gasteiger partial charge in [0.25, 0.3) is 0 Å². The van der Waals surface area contributed by atoms with Crippen molar-refractivity contribution in [3.05, 3.63) is 35.9 Å². The number of hydrogen-bond acceptors (Lipinski definition) is 2. The molecule has 1 heterocycles. The minimum atomic E-state index is -0.515. The quantitative estimate of drug-likeness (QED) is 0.899. The van der Waals surface area contributed by atoms with Gasteiger partial charge >= 0.3 is 0 Å². The molecule has 2 heteroatoms. The highest BCUT2D eigenvalue weighted by Gasteiger charge is 2.30. The molecule has 1 saturated heterocycles. The monoisotopic (exact) mass is 263 g/mol. The van der Waals surface area contributed by atoms with E-state index in [-0.39, 0.29) is 0 Å². The highest BCUT2D eigenvalue weighted by molar-refractivity contribution is 5.14. The Balaban J connectivity index is 0.000000861. The van der Waals surface area contributed by atoms with Crippen LogP contribution in [0.1, 0.15) is 46.1 Å². The Labute approximate surface area is 118 Å². The molecule has 1 aliphatic heterocycles. The number of hydrogen-bond donors (Lipinski definition) is 1. The molecule has 2 rings (SSSR count). The molecule has 19 heavy (non-hydrogen) atoms. The van der Waals surface area contributed by atoms with E-state index in [1.54, 1.807) is 0 Å². The summed E-state index contributed by atoms with van der Waals surface area (Å²) in [7, 11) is 0. The van der Waals surface area contributed by atoms with Crippen LogP contribution in [-0.4, -0.2) is 28.7 Å². The second kappa shape index (κ2) is 7.66. The van der Waals surface area contributed by atoms with Gasteiger partial charge in [0.05, 0.1) is 5.60 Å². The van der Waals surface area contributed by atoms with Gasteiger partial charge in [-0.25, -0.2) is 0 Å². The summed E-state index contributed by atoms with van der Waals surface area (Å²) in [6.07, 6.45) is 2.21. The lowest BCUT2D eigenvalue weighted by Crippen LogP contribution is -2.41. The summed E-state index contributed by atoms with van der Waals surface area (Å²) in [5, 5.41) is 10.00. The lowest BCUT2D eigenvalue weighted by atomic mass is 9.83. The van der Waals surface area contributed by atoms with E-state index in [9.17, 15) is 5.11 Å². The van der Waals surface area contributed by atoms with Crippen LogP contribution >= 0.6 is 0 Å². The zero-order valence-corrected chi connectivity index (χ0v) is 12.9. The first kappa shape index (κ1) is 16.2. The van der Waals surface area contributed by atoms with Crippen molar-refractivity contribution < 1.29 is 5.11 Å². The van der Waals surface area contributed by atoms with Gasteiger partial charge in [0, 0.05) is 6.54 Å². The maximum absolute atomic E-state index is 10.00. The minimum Gasteiger partial charge on any atom is -0.390 e. The Morgan fingerprint density at radius 3 is 2.11 bits per heavy atom.